The molecule has 0 aliphatic heterocycles. The number of halogens is 1. The van der Waals surface area contributed by atoms with Crippen LogP contribution in [0.15, 0.2) is 53.0 Å². The largest absolute Gasteiger partial charge is 0.496 e. The fourth-order valence-corrected chi connectivity index (χ4v) is 2.11. The van der Waals surface area contributed by atoms with Crippen LogP contribution in [-0.2, 0) is 6.42 Å². The van der Waals surface area contributed by atoms with E-state index in [0.717, 1.165) is 16.6 Å². The van der Waals surface area contributed by atoms with Crippen molar-refractivity contribution in [1.82, 2.24) is 0 Å². The van der Waals surface area contributed by atoms with E-state index in [0.29, 0.717) is 0 Å². The highest BCUT2D eigenvalue weighted by atomic mass is 79.9. The summed E-state index contributed by atoms with van der Waals surface area (Å²) < 4.78 is 6.43. The van der Waals surface area contributed by atoms with Crippen molar-refractivity contribution in [3.05, 3.63) is 64.1 Å². The molecule has 0 fully saturated rings. The first-order chi connectivity index (χ1) is 7.79. The van der Waals surface area contributed by atoms with Gasteiger partial charge in [0.1, 0.15) is 5.75 Å². The highest BCUT2D eigenvalue weighted by Crippen LogP contribution is 2.25. The van der Waals surface area contributed by atoms with Crippen LogP contribution in [-0.4, -0.2) is 7.11 Å². The summed E-state index contributed by atoms with van der Waals surface area (Å²) in [7, 11) is 1.71. The molecule has 2 aromatic carbocycles. The van der Waals surface area contributed by atoms with E-state index in [1.807, 2.05) is 18.2 Å². The van der Waals surface area contributed by atoms with Crippen molar-refractivity contribution >= 4 is 15.9 Å². The van der Waals surface area contributed by atoms with E-state index in [4.69, 9.17) is 4.74 Å². The zero-order valence-electron chi connectivity index (χ0n) is 9.11. The molecule has 0 radical (unpaired) electrons. The van der Waals surface area contributed by atoms with Crippen LogP contribution in [0.4, 0.5) is 0 Å². The summed E-state index contributed by atoms with van der Waals surface area (Å²) in [4.78, 5) is 0. The van der Waals surface area contributed by atoms with Gasteiger partial charge in [-0.25, -0.2) is 0 Å². The molecule has 2 heteroatoms. The van der Waals surface area contributed by atoms with E-state index in [1.54, 1.807) is 7.11 Å². The Balaban J connectivity index is 2.30. The lowest BCUT2D eigenvalue weighted by Gasteiger charge is -2.08. The third-order valence-corrected chi connectivity index (χ3v) is 2.97. The second kappa shape index (κ2) is 5.17. The van der Waals surface area contributed by atoms with E-state index in [1.165, 1.54) is 11.1 Å². The average Bonchev–Trinajstić information content (AvgIpc) is 2.31. The Hall–Kier alpha value is -1.28. The predicted octanol–water partition coefficient (Wildman–Crippen LogP) is 4.05. The molecule has 0 spiro atoms. The van der Waals surface area contributed by atoms with Crippen molar-refractivity contribution in [3.8, 4) is 5.75 Å². The number of hydrogen-bond acceptors (Lipinski definition) is 1. The van der Waals surface area contributed by atoms with Gasteiger partial charge in [-0.15, -0.1) is 0 Å². The molecule has 2 rings (SSSR count). The maximum Gasteiger partial charge on any atom is 0.122 e. The summed E-state index contributed by atoms with van der Waals surface area (Å²) in [5.74, 6) is 0.937. The summed E-state index contributed by atoms with van der Waals surface area (Å²) in [6, 6.07) is 16.5. The molecule has 0 unspecified atom stereocenters. The Morgan fingerprint density at radius 2 is 1.81 bits per heavy atom. The number of hydrogen-bond donors (Lipinski definition) is 0. The molecule has 0 saturated carbocycles. The molecule has 0 saturated heterocycles. The Kier molecular flexibility index (Phi) is 3.62. The van der Waals surface area contributed by atoms with E-state index >= 15 is 0 Å². The third-order valence-electron chi connectivity index (χ3n) is 2.48. The van der Waals surface area contributed by atoms with Crippen LogP contribution in [0.5, 0.6) is 5.75 Å². The smallest absolute Gasteiger partial charge is 0.122 e. The van der Waals surface area contributed by atoms with Gasteiger partial charge < -0.3 is 4.74 Å². The lowest BCUT2D eigenvalue weighted by Crippen LogP contribution is -1.93. The topological polar surface area (TPSA) is 9.23 Å². The zero-order valence-corrected chi connectivity index (χ0v) is 10.7. The molecular weight excluding hydrogens is 264 g/mol. The number of ether oxygens (including phenoxy) is 1. The molecule has 0 aliphatic carbocycles. The van der Waals surface area contributed by atoms with Crippen LogP contribution in [0.1, 0.15) is 11.1 Å². The zero-order chi connectivity index (χ0) is 11.4. The predicted molar refractivity (Wildman–Crippen MR) is 69.9 cm³/mol. The van der Waals surface area contributed by atoms with Gasteiger partial charge in [0.2, 0.25) is 0 Å². The fraction of sp³-hybridized carbons (Fsp3) is 0.143. The first-order valence-electron chi connectivity index (χ1n) is 5.16. The van der Waals surface area contributed by atoms with Crippen molar-refractivity contribution in [2.24, 2.45) is 0 Å². The molecule has 0 amide bonds. The minimum absolute atomic E-state index is 0.892. The molecule has 16 heavy (non-hydrogen) atoms. The molecule has 0 heterocycles. The van der Waals surface area contributed by atoms with Gasteiger partial charge in [0.15, 0.2) is 0 Å². The first-order valence-corrected chi connectivity index (χ1v) is 5.95. The van der Waals surface area contributed by atoms with Crippen LogP contribution in [0.2, 0.25) is 0 Å². The summed E-state index contributed by atoms with van der Waals surface area (Å²) in [6.45, 7) is 0. The van der Waals surface area contributed by atoms with E-state index in [2.05, 4.69) is 46.3 Å². The van der Waals surface area contributed by atoms with Crippen molar-refractivity contribution in [2.75, 3.05) is 7.11 Å². The van der Waals surface area contributed by atoms with Crippen LogP contribution in [0.25, 0.3) is 0 Å². The monoisotopic (exact) mass is 276 g/mol. The van der Waals surface area contributed by atoms with Gasteiger partial charge in [0.05, 0.1) is 7.11 Å². The van der Waals surface area contributed by atoms with Crippen molar-refractivity contribution in [2.45, 2.75) is 6.42 Å². The van der Waals surface area contributed by atoms with E-state index in [-0.39, 0.29) is 0 Å². The van der Waals surface area contributed by atoms with Crippen LogP contribution in [0, 0.1) is 0 Å². The molecule has 0 atom stereocenters. The fourth-order valence-electron chi connectivity index (χ4n) is 1.70. The second-order valence-corrected chi connectivity index (χ2v) is 4.53. The molecule has 82 valence electrons. The average molecular weight is 277 g/mol. The summed E-state index contributed by atoms with van der Waals surface area (Å²) >= 11 is 3.48. The number of benzene rings is 2. The van der Waals surface area contributed by atoms with E-state index in [9.17, 15) is 0 Å². The van der Waals surface area contributed by atoms with E-state index < -0.39 is 0 Å². The SMILES string of the molecule is COc1ccc(Br)cc1Cc1ccccc1. The maximum absolute atomic E-state index is 5.35. The van der Waals surface area contributed by atoms with Gasteiger partial charge in [-0.2, -0.15) is 0 Å². The quantitative estimate of drug-likeness (QED) is 0.822. The molecule has 1 nitrogen and oxygen atoms in total. The molecule has 2 aromatic rings. The van der Waals surface area contributed by atoms with Gasteiger partial charge >= 0.3 is 0 Å². The van der Waals surface area contributed by atoms with Gasteiger partial charge in [-0.3, -0.25) is 0 Å². The standard InChI is InChI=1S/C14H13BrO/c1-16-14-8-7-13(15)10-12(14)9-11-5-3-2-4-6-11/h2-8,10H,9H2,1H3. The van der Waals surface area contributed by atoms with Crippen LogP contribution in [0.3, 0.4) is 0 Å². The molecule has 0 N–H and O–H groups in total. The minimum Gasteiger partial charge on any atom is -0.496 e. The Morgan fingerprint density at radius 3 is 2.50 bits per heavy atom. The lowest BCUT2D eigenvalue weighted by atomic mass is 10.0. The first kappa shape index (κ1) is 11.2. The summed E-state index contributed by atoms with van der Waals surface area (Å²) in [6.07, 6.45) is 0.892. The Bertz CT molecular complexity index is 465. The highest BCUT2D eigenvalue weighted by Gasteiger charge is 2.04. The normalized spacial score (nSPS) is 10.1. The molecule has 0 aromatic heterocycles. The lowest BCUT2D eigenvalue weighted by molar-refractivity contribution is 0.410. The number of rotatable bonds is 3. The molecule has 0 aliphatic rings. The molecule has 0 bridgehead atoms. The third kappa shape index (κ3) is 2.64. The van der Waals surface area contributed by atoms with Crippen molar-refractivity contribution in [3.63, 3.8) is 0 Å². The van der Waals surface area contributed by atoms with Gasteiger partial charge in [-0.1, -0.05) is 46.3 Å². The Labute approximate surface area is 104 Å². The van der Waals surface area contributed by atoms with Crippen LogP contribution < -0.4 is 4.74 Å². The van der Waals surface area contributed by atoms with Gasteiger partial charge in [0, 0.05) is 10.9 Å². The molecular formula is C14H13BrO. The Morgan fingerprint density at radius 1 is 1.06 bits per heavy atom. The minimum atomic E-state index is 0.892. The summed E-state index contributed by atoms with van der Waals surface area (Å²) in [5, 5.41) is 0. The summed E-state index contributed by atoms with van der Waals surface area (Å²) in [5.41, 5.74) is 2.49. The van der Waals surface area contributed by atoms with Gasteiger partial charge in [0.25, 0.3) is 0 Å². The second-order valence-electron chi connectivity index (χ2n) is 3.62. The highest BCUT2D eigenvalue weighted by molar-refractivity contribution is 9.10. The maximum atomic E-state index is 5.35. The number of methoxy groups -OCH3 is 1. The van der Waals surface area contributed by atoms with Gasteiger partial charge in [-0.05, 0) is 29.3 Å². The van der Waals surface area contributed by atoms with Crippen LogP contribution >= 0.6 is 15.9 Å². The van der Waals surface area contributed by atoms with Crippen molar-refractivity contribution in [1.29, 1.82) is 0 Å². The van der Waals surface area contributed by atoms with Crippen molar-refractivity contribution < 1.29 is 4.74 Å².